The van der Waals surface area contributed by atoms with Crippen LogP contribution < -0.4 is 10.5 Å². The number of amides is 1. The van der Waals surface area contributed by atoms with Crippen LogP contribution >= 0.6 is 11.6 Å². The van der Waals surface area contributed by atoms with Gasteiger partial charge in [-0.2, -0.15) is 4.98 Å². The number of allylic oxidation sites excluding steroid dienone is 4. The summed E-state index contributed by atoms with van der Waals surface area (Å²) in [5, 5.41) is 0.623. The molecule has 3 aromatic heterocycles. The van der Waals surface area contributed by atoms with Crippen molar-refractivity contribution >= 4 is 40.0 Å². The van der Waals surface area contributed by atoms with E-state index in [1.165, 1.54) is 9.47 Å². The first-order chi connectivity index (χ1) is 16.1. The first-order valence-electron chi connectivity index (χ1n) is 10.5. The third-order valence-corrected chi connectivity index (χ3v) is 6.18. The van der Waals surface area contributed by atoms with Gasteiger partial charge in [0.15, 0.2) is 11.6 Å². The minimum Gasteiger partial charge on any atom is -0.421 e. The van der Waals surface area contributed by atoms with Crippen LogP contribution in [0.2, 0.25) is 0 Å². The van der Waals surface area contributed by atoms with Crippen molar-refractivity contribution < 1.29 is 9.21 Å². The number of anilines is 1. The molecular formula is C25H17ClN4O3. The third-order valence-electron chi connectivity index (χ3n) is 5.85. The molecule has 2 aliphatic rings. The number of rotatable bonds is 3. The van der Waals surface area contributed by atoms with Crippen molar-refractivity contribution in [1.82, 2.24) is 14.5 Å². The molecule has 0 bridgehead atoms. The predicted octanol–water partition coefficient (Wildman–Crippen LogP) is 4.48. The van der Waals surface area contributed by atoms with Crippen molar-refractivity contribution in [3.05, 3.63) is 100 Å². The molecule has 0 radical (unpaired) electrons. The Balaban J connectivity index is 1.52. The summed E-state index contributed by atoms with van der Waals surface area (Å²) >= 11 is 6.20. The monoisotopic (exact) mass is 456 g/mol. The van der Waals surface area contributed by atoms with Crippen LogP contribution in [-0.2, 0) is 6.54 Å². The lowest BCUT2D eigenvalue weighted by molar-refractivity contribution is 0.0991. The van der Waals surface area contributed by atoms with Crippen molar-refractivity contribution in [3.63, 3.8) is 0 Å². The zero-order valence-corrected chi connectivity index (χ0v) is 18.1. The largest absolute Gasteiger partial charge is 0.421 e. The molecule has 7 nitrogen and oxygen atoms in total. The maximum atomic E-state index is 13.3. The van der Waals surface area contributed by atoms with E-state index in [4.69, 9.17) is 16.0 Å². The molecule has 4 heterocycles. The van der Waals surface area contributed by atoms with Crippen LogP contribution in [0.25, 0.3) is 22.3 Å². The van der Waals surface area contributed by atoms with Crippen molar-refractivity contribution in [2.24, 2.45) is 0 Å². The molecule has 0 N–H and O–H groups in total. The van der Waals surface area contributed by atoms with Gasteiger partial charge in [0.25, 0.3) is 11.5 Å². The number of carbonyl (C=O) groups is 1. The van der Waals surface area contributed by atoms with Gasteiger partial charge in [-0.15, -0.1) is 11.6 Å². The Hall–Kier alpha value is -3.97. The average Bonchev–Trinajstić information content (AvgIpc) is 3.42. The lowest BCUT2D eigenvalue weighted by Crippen LogP contribution is -2.24. The van der Waals surface area contributed by atoms with Crippen LogP contribution in [0.4, 0.5) is 6.01 Å². The topological polar surface area (TPSA) is 81.2 Å². The number of benzene rings is 1. The number of hydrogen-bond acceptors (Lipinski definition) is 5. The molecule has 0 spiro atoms. The third kappa shape index (κ3) is 3.20. The van der Waals surface area contributed by atoms with Crippen LogP contribution in [0.5, 0.6) is 0 Å². The molecule has 1 unspecified atom stereocenters. The Morgan fingerprint density at radius 1 is 1.09 bits per heavy atom. The quantitative estimate of drug-likeness (QED) is 0.424. The Kier molecular flexibility index (Phi) is 4.52. The zero-order valence-electron chi connectivity index (χ0n) is 17.3. The van der Waals surface area contributed by atoms with Gasteiger partial charge in [-0.3, -0.25) is 24.0 Å². The summed E-state index contributed by atoms with van der Waals surface area (Å²) in [4.78, 5) is 36.6. The number of oxazole rings is 1. The van der Waals surface area contributed by atoms with E-state index in [-0.39, 0.29) is 22.9 Å². The number of fused-ring (bicyclic) bond motifs is 2. The highest BCUT2D eigenvalue weighted by Crippen LogP contribution is 2.34. The van der Waals surface area contributed by atoms with E-state index in [2.05, 4.69) is 9.97 Å². The molecule has 1 aliphatic heterocycles. The second-order valence-electron chi connectivity index (χ2n) is 7.90. The van der Waals surface area contributed by atoms with Gasteiger partial charge in [0.1, 0.15) is 5.52 Å². The highest BCUT2D eigenvalue weighted by molar-refractivity contribution is 6.22. The van der Waals surface area contributed by atoms with Crippen LogP contribution in [0.15, 0.2) is 82.3 Å². The molecule has 1 amide bonds. The standard InChI is InChI=1S/C25H17ClN4O3/c26-18-9-7-16(8-10-18)21-22(29-13-11-15-5-3-12-27-20(15)24(29)32)28-25(33-21)30-14-17-4-1-2-6-19(17)23(30)31/h1-9,11-13,18H,10,14H2. The summed E-state index contributed by atoms with van der Waals surface area (Å²) in [6.07, 6.45) is 9.50. The van der Waals surface area contributed by atoms with Gasteiger partial charge in [0, 0.05) is 28.9 Å². The van der Waals surface area contributed by atoms with Gasteiger partial charge < -0.3 is 4.42 Å². The molecule has 33 heavy (non-hydrogen) atoms. The average molecular weight is 457 g/mol. The lowest BCUT2D eigenvalue weighted by Gasteiger charge is -2.11. The van der Waals surface area contributed by atoms with Gasteiger partial charge in [-0.25, -0.2) is 0 Å². The Labute approximate surface area is 193 Å². The summed E-state index contributed by atoms with van der Waals surface area (Å²) in [5.41, 5.74) is 2.28. The minimum absolute atomic E-state index is 0.109. The number of pyridine rings is 2. The van der Waals surface area contributed by atoms with Gasteiger partial charge in [-0.05, 0) is 30.2 Å². The lowest BCUT2D eigenvalue weighted by atomic mass is 10.0. The van der Waals surface area contributed by atoms with Crippen molar-refractivity contribution in [2.75, 3.05) is 4.90 Å². The number of nitrogens with zero attached hydrogens (tertiary/aromatic N) is 4. The number of halogens is 1. The summed E-state index contributed by atoms with van der Waals surface area (Å²) in [7, 11) is 0. The smallest absolute Gasteiger partial charge is 0.307 e. The van der Waals surface area contributed by atoms with E-state index in [0.717, 1.165) is 16.5 Å². The molecule has 0 saturated heterocycles. The second kappa shape index (κ2) is 7.56. The van der Waals surface area contributed by atoms with Crippen molar-refractivity contribution in [2.45, 2.75) is 18.3 Å². The molecular weight excluding hydrogens is 440 g/mol. The molecule has 6 rings (SSSR count). The van der Waals surface area contributed by atoms with Gasteiger partial charge in [0.2, 0.25) is 0 Å². The normalized spacial score (nSPS) is 17.5. The van der Waals surface area contributed by atoms with E-state index >= 15 is 0 Å². The van der Waals surface area contributed by atoms with E-state index in [1.54, 1.807) is 30.6 Å². The Bertz CT molecular complexity index is 1550. The Morgan fingerprint density at radius 3 is 2.79 bits per heavy atom. The molecule has 0 fully saturated rings. The van der Waals surface area contributed by atoms with Crippen molar-refractivity contribution in [3.8, 4) is 5.82 Å². The number of alkyl halides is 1. The summed E-state index contributed by atoms with van der Waals surface area (Å²) in [5.74, 6) is 0.507. The fourth-order valence-electron chi connectivity index (χ4n) is 4.17. The van der Waals surface area contributed by atoms with E-state index in [0.29, 0.717) is 35.6 Å². The molecule has 4 aromatic rings. The molecule has 162 valence electrons. The van der Waals surface area contributed by atoms with Crippen LogP contribution in [0, 0.1) is 0 Å². The van der Waals surface area contributed by atoms with Gasteiger partial charge >= 0.3 is 6.01 Å². The first-order valence-corrected chi connectivity index (χ1v) is 10.9. The van der Waals surface area contributed by atoms with Crippen LogP contribution in [0.3, 0.4) is 0 Å². The van der Waals surface area contributed by atoms with Gasteiger partial charge in [-0.1, -0.05) is 42.5 Å². The van der Waals surface area contributed by atoms with E-state index in [9.17, 15) is 9.59 Å². The SMILES string of the molecule is O=C1c2ccccc2CN1c1nc(-n2ccc3cccnc3c2=O)c(C2=CCC(Cl)C=C2)o1. The maximum absolute atomic E-state index is 13.3. The second-order valence-corrected chi connectivity index (χ2v) is 8.46. The molecule has 1 atom stereocenters. The highest BCUT2D eigenvalue weighted by atomic mass is 35.5. The fraction of sp³-hybridized carbons (Fsp3) is 0.120. The first kappa shape index (κ1) is 19.7. The molecule has 0 saturated carbocycles. The Morgan fingerprint density at radius 2 is 1.97 bits per heavy atom. The number of carbonyl (C=O) groups excluding carboxylic acids is 1. The van der Waals surface area contributed by atoms with Crippen molar-refractivity contribution in [1.29, 1.82) is 0 Å². The molecule has 1 aromatic carbocycles. The minimum atomic E-state index is -0.319. The summed E-state index contributed by atoms with van der Waals surface area (Å²) in [6.45, 7) is 0.348. The molecule has 1 aliphatic carbocycles. The van der Waals surface area contributed by atoms with E-state index < -0.39 is 0 Å². The number of aromatic nitrogens is 3. The number of hydrogen-bond donors (Lipinski definition) is 0. The highest BCUT2D eigenvalue weighted by Gasteiger charge is 2.33. The van der Waals surface area contributed by atoms with E-state index in [1.807, 2.05) is 42.5 Å². The van der Waals surface area contributed by atoms with Crippen LogP contribution in [0.1, 0.15) is 28.1 Å². The summed E-state index contributed by atoms with van der Waals surface area (Å²) in [6, 6.07) is 13.0. The fourth-order valence-corrected chi connectivity index (χ4v) is 4.34. The van der Waals surface area contributed by atoms with Gasteiger partial charge in [0.05, 0.1) is 11.9 Å². The summed E-state index contributed by atoms with van der Waals surface area (Å²) < 4.78 is 7.56. The molecule has 8 heteroatoms. The zero-order chi connectivity index (χ0) is 22.5. The predicted molar refractivity (Wildman–Crippen MR) is 126 cm³/mol. The maximum Gasteiger partial charge on any atom is 0.307 e. The van der Waals surface area contributed by atoms with Crippen LogP contribution in [-0.4, -0.2) is 25.8 Å².